The molecule has 1 aromatic rings. The van der Waals surface area contributed by atoms with E-state index in [-0.39, 0.29) is 17.2 Å². The second-order valence-electron chi connectivity index (χ2n) is 2.89. The van der Waals surface area contributed by atoms with Gasteiger partial charge in [-0.15, -0.1) is 11.6 Å². The zero-order valence-electron chi connectivity index (χ0n) is 7.58. The van der Waals surface area contributed by atoms with Gasteiger partial charge in [-0.2, -0.15) is 0 Å². The lowest BCUT2D eigenvalue weighted by Crippen LogP contribution is -2.05. The van der Waals surface area contributed by atoms with Gasteiger partial charge in [-0.1, -0.05) is 12.1 Å². The van der Waals surface area contributed by atoms with Crippen LogP contribution in [0, 0.1) is 6.92 Å². The Morgan fingerprint density at radius 3 is 2.57 bits per heavy atom. The topological polar surface area (TPSA) is 54.4 Å². The van der Waals surface area contributed by atoms with Crippen molar-refractivity contribution in [2.24, 2.45) is 0 Å². The Balaban J connectivity index is 3.19. The molecule has 0 fully saturated rings. The standard InChI is InChI=1S/C10H9ClO3/c1-6-2-3-7(9(12)5-11)4-8(6)10(13)14/h2-4H,5H2,1H3,(H,13,14). The van der Waals surface area contributed by atoms with Gasteiger partial charge < -0.3 is 5.11 Å². The third kappa shape index (κ3) is 2.12. The highest BCUT2D eigenvalue weighted by Crippen LogP contribution is 2.12. The van der Waals surface area contributed by atoms with E-state index in [4.69, 9.17) is 16.7 Å². The molecule has 0 atom stereocenters. The van der Waals surface area contributed by atoms with Crippen LogP contribution in [0.1, 0.15) is 26.3 Å². The maximum atomic E-state index is 11.2. The van der Waals surface area contributed by atoms with Crippen LogP contribution in [0.3, 0.4) is 0 Å². The maximum absolute atomic E-state index is 11.2. The summed E-state index contributed by atoms with van der Waals surface area (Å²) in [6.07, 6.45) is 0. The highest BCUT2D eigenvalue weighted by atomic mass is 35.5. The molecule has 3 nitrogen and oxygen atoms in total. The summed E-state index contributed by atoms with van der Waals surface area (Å²) < 4.78 is 0. The molecular weight excluding hydrogens is 204 g/mol. The van der Waals surface area contributed by atoms with E-state index in [1.165, 1.54) is 6.07 Å². The molecule has 74 valence electrons. The minimum Gasteiger partial charge on any atom is -0.478 e. The van der Waals surface area contributed by atoms with E-state index in [1.54, 1.807) is 19.1 Å². The quantitative estimate of drug-likeness (QED) is 0.617. The van der Waals surface area contributed by atoms with Crippen LogP contribution in [0.4, 0.5) is 0 Å². The van der Waals surface area contributed by atoms with Crippen LogP contribution >= 0.6 is 11.6 Å². The number of hydrogen-bond donors (Lipinski definition) is 1. The summed E-state index contributed by atoms with van der Waals surface area (Å²) in [6.45, 7) is 1.68. The Morgan fingerprint density at radius 1 is 1.43 bits per heavy atom. The first kappa shape index (κ1) is 10.7. The number of ketones is 1. The van der Waals surface area contributed by atoms with Crippen molar-refractivity contribution in [3.8, 4) is 0 Å². The molecule has 14 heavy (non-hydrogen) atoms. The summed E-state index contributed by atoms with van der Waals surface area (Å²) in [6, 6.07) is 4.53. The molecule has 0 radical (unpaired) electrons. The number of aromatic carboxylic acids is 1. The summed E-state index contributed by atoms with van der Waals surface area (Å²) in [7, 11) is 0. The Morgan fingerprint density at radius 2 is 2.07 bits per heavy atom. The minimum absolute atomic E-state index is 0.137. The Kier molecular flexibility index (Phi) is 3.25. The van der Waals surface area contributed by atoms with Crippen molar-refractivity contribution in [1.82, 2.24) is 0 Å². The van der Waals surface area contributed by atoms with Gasteiger partial charge in [0.15, 0.2) is 5.78 Å². The van der Waals surface area contributed by atoms with Crippen molar-refractivity contribution in [1.29, 1.82) is 0 Å². The van der Waals surface area contributed by atoms with E-state index in [9.17, 15) is 9.59 Å². The van der Waals surface area contributed by atoms with Gasteiger partial charge in [-0.25, -0.2) is 4.79 Å². The average molecular weight is 213 g/mol. The summed E-state index contributed by atoms with van der Waals surface area (Å²) in [5.74, 6) is -1.44. The van der Waals surface area contributed by atoms with Gasteiger partial charge >= 0.3 is 5.97 Å². The maximum Gasteiger partial charge on any atom is 0.335 e. The number of rotatable bonds is 3. The van der Waals surface area contributed by atoms with Gasteiger partial charge in [0.25, 0.3) is 0 Å². The fourth-order valence-corrected chi connectivity index (χ4v) is 1.26. The van der Waals surface area contributed by atoms with Crippen molar-refractivity contribution >= 4 is 23.4 Å². The van der Waals surface area contributed by atoms with E-state index in [0.29, 0.717) is 11.1 Å². The molecule has 0 spiro atoms. The molecule has 0 aliphatic carbocycles. The van der Waals surface area contributed by atoms with Crippen molar-refractivity contribution in [2.45, 2.75) is 6.92 Å². The van der Waals surface area contributed by atoms with Gasteiger partial charge in [0, 0.05) is 5.56 Å². The molecule has 0 bridgehead atoms. The Labute approximate surface area is 86.3 Å². The molecule has 0 heterocycles. The lowest BCUT2D eigenvalue weighted by molar-refractivity contribution is 0.0696. The minimum atomic E-state index is -1.04. The second kappa shape index (κ2) is 4.24. The van der Waals surface area contributed by atoms with E-state index in [1.807, 2.05) is 0 Å². The molecule has 4 heteroatoms. The van der Waals surface area contributed by atoms with E-state index in [0.717, 1.165) is 0 Å². The first-order valence-corrected chi connectivity index (χ1v) is 4.53. The average Bonchev–Trinajstić information content (AvgIpc) is 2.17. The molecule has 1 N–H and O–H groups in total. The predicted molar refractivity (Wildman–Crippen MR) is 53.2 cm³/mol. The summed E-state index contributed by atoms with van der Waals surface area (Å²) in [4.78, 5) is 21.9. The molecule has 0 unspecified atom stereocenters. The third-order valence-corrected chi connectivity index (χ3v) is 2.15. The van der Waals surface area contributed by atoms with Crippen LogP contribution < -0.4 is 0 Å². The first-order chi connectivity index (χ1) is 6.56. The van der Waals surface area contributed by atoms with Gasteiger partial charge in [0.2, 0.25) is 0 Å². The molecule has 0 saturated carbocycles. The fourth-order valence-electron chi connectivity index (χ4n) is 1.10. The molecule has 1 rings (SSSR count). The Hall–Kier alpha value is -1.35. The van der Waals surface area contributed by atoms with Gasteiger partial charge in [0.1, 0.15) is 0 Å². The van der Waals surface area contributed by atoms with Crippen LogP contribution in [0.5, 0.6) is 0 Å². The number of carboxylic acids is 1. The summed E-state index contributed by atoms with van der Waals surface area (Å²) in [5, 5.41) is 8.80. The van der Waals surface area contributed by atoms with E-state index in [2.05, 4.69) is 0 Å². The zero-order valence-corrected chi connectivity index (χ0v) is 8.34. The number of halogens is 1. The molecule has 1 aromatic carbocycles. The lowest BCUT2D eigenvalue weighted by atomic mass is 10.0. The number of Topliss-reactive ketones (excluding diaryl/α,β-unsaturated/α-hetero) is 1. The van der Waals surface area contributed by atoms with Crippen LogP contribution in [-0.2, 0) is 0 Å². The first-order valence-electron chi connectivity index (χ1n) is 3.99. The molecule has 0 saturated heterocycles. The number of carbonyl (C=O) groups excluding carboxylic acids is 1. The van der Waals surface area contributed by atoms with Gasteiger partial charge in [0.05, 0.1) is 11.4 Å². The van der Waals surface area contributed by atoms with Crippen molar-refractivity contribution in [3.05, 3.63) is 34.9 Å². The van der Waals surface area contributed by atoms with Crippen LogP contribution in [0.15, 0.2) is 18.2 Å². The lowest BCUT2D eigenvalue weighted by Gasteiger charge is -2.02. The van der Waals surface area contributed by atoms with Gasteiger partial charge in [-0.3, -0.25) is 4.79 Å². The largest absolute Gasteiger partial charge is 0.478 e. The predicted octanol–water partition coefficient (Wildman–Crippen LogP) is 2.11. The van der Waals surface area contributed by atoms with E-state index >= 15 is 0 Å². The highest BCUT2D eigenvalue weighted by Gasteiger charge is 2.11. The Bertz CT molecular complexity index is 385. The number of alkyl halides is 1. The van der Waals surface area contributed by atoms with Crippen molar-refractivity contribution < 1.29 is 14.7 Å². The van der Waals surface area contributed by atoms with Gasteiger partial charge in [-0.05, 0) is 18.6 Å². The molecule has 0 aliphatic heterocycles. The molecule has 0 aliphatic rings. The summed E-state index contributed by atoms with van der Waals surface area (Å²) in [5.41, 5.74) is 1.10. The molecule has 0 amide bonds. The number of hydrogen-bond acceptors (Lipinski definition) is 2. The van der Waals surface area contributed by atoms with Crippen LogP contribution in [0.2, 0.25) is 0 Å². The van der Waals surface area contributed by atoms with Crippen molar-refractivity contribution in [3.63, 3.8) is 0 Å². The number of carboxylic acid groups (broad SMARTS) is 1. The third-order valence-electron chi connectivity index (χ3n) is 1.91. The number of benzene rings is 1. The number of carbonyl (C=O) groups is 2. The zero-order chi connectivity index (χ0) is 10.7. The second-order valence-corrected chi connectivity index (χ2v) is 3.16. The fraction of sp³-hybridized carbons (Fsp3) is 0.200. The van der Waals surface area contributed by atoms with Crippen LogP contribution in [0.25, 0.3) is 0 Å². The SMILES string of the molecule is Cc1ccc(C(=O)CCl)cc1C(=O)O. The molecule has 0 aromatic heterocycles. The summed E-state index contributed by atoms with van der Waals surface area (Å²) >= 11 is 5.36. The molecular formula is C10H9ClO3. The smallest absolute Gasteiger partial charge is 0.335 e. The van der Waals surface area contributed by atoms with Crippen molar-refractivity contribution in [2.75, 3.05) is 5.88 Å². The number of aryl methyl sites for hydroxylation is 1. The normalized spacial score (nSPS) is 9.86. The highest BCUT2D eigenvalue weighted by molar-refractivity contribution is 6.30. The van der Waals surface area contributed by atoms with Crippen LogP contribution in [-0.4, -0.2) is 22.7 Å². The monoisotopic (exact) mass is 212 g/mol. The van der Waals surface area contributed by atoms with E-state index < -0.39 is 5.97 Å².